The summed E-state index contributed by atoms with van der Waals surface area (Å²) < 4.78 is 0. The van der Waals surface area contributed by atoms with Gasteiger partial charge in [0.25, 0.3) is 0 Å². The van der Waals surface area contributed by atoms with Gasteiger partial charge in [-0.15, -0.1) is 0 Å². The minimum absolute atomic E-state index is 0.417. The Kier molecular flexibility index (Phi) is 4.46. The van der Waals surface area contributed by atoms with E-state index in [1.165, 1.54) is 12.7 Å². The predicted octanol–water partition coefficient (Wildman–Crippen LogP) is 2.88. The monoisotopic (exact) mass is 344 g/mol. The maximum atomic E-state index is 9.74. The van der Waals surface area contributed by atoms with Crippen molar-refractivity contribution in [2.45, 2.75) is 25.9 Å². The zero-order valence-corrected chi connectivity index (χ0v) is 14.0. The van der Waals surface area contributed by atoms with Crippen LogP contribution in [0.2, 0.25) is 5.15 Å². The van der Waals surface area contributed by atoms with Crippen molar-refractivity contribution < 1.29 is 5.11 Å². The Bertz CT molecular complexity index is 926. The maximum Gasteiger partial charge on any atom is 0.142 e. The average molecular weight is 345 g/mol. The highest BCUT2D eigenvalue weighted by Crippen LogP contribution is 2.25. The van der Waals surface area contributed by atoms with Crippen molar-refractivity contribution in [3.63, 3.8) is 0 Å². The molecule has 0 aliphatic carbocycles. The molecule has 0 spiro atoms. The molecule has 0 bridgehead atoms. The molecule has 4 heterocycles. The third-order valence-electron chi connectivity index (χ3n) is 3.35. The van der Waals surface area contributed by atoms with Gasteiger partial charge in [0.2, 0.25) is 0 Å². The lowest BCUT2D eigenvalue weighted by Crippen LogP contribution is -2.21. The normalized spacial score (nSPS) is 11.5. The van der Waals surface area contributed by atoms with Crippen LogP contribution in [0.15, 0.2) is 37.3 Å². The molecule has 0 unspecified atom stereocenters. The Balaban J connectivity index is 0.000000159. The Labute approximate surface area is 143 Å². The van der Waals surface area contributed by atoms with Crippen LogP contribution in [-0.2, 0) is 6.42 Å². The first-order chi connectivity index (χ1) is 11.4. The molecule has 0 saturated heterocycles. The van der Waals surface area contributed by atoms with Crippen molar-refractivity contribution >= 4 is 33.7 Å². The molecule has 0 fully saturated rings. The van der Waals surface area contributed by atoms with E-state index in [4.69, 9.17) is 11.6 Å². The van der Waals surface area contributed by atoms with E-state index in [9.17, 15) is 5.11 Å². The van der Waals surface area contributed by atoms with Gasteiger partial charge < -0.3 is 15.1 Å². The Morgan fingerprint density at radius 2 is 2.00 bits per heavy atom. The largest absolute Gasteiger partial charge is 0.390 e. The van der Waals surface area contributed by atoms with Crippen LogP contribution in [0, 0.1) is 0 Å². The summed E-state index contributed by atoms with van der Waals surface area (Å²) in [6, 6.07) is 1.91. The van der Waals surface area contributed by atoms with Gasteiger partial charge in [-0.1, -0.05) is 11.6 Å². The van der Waals surface area contributed by atoms with Crippen molar-refractivity contribution in [1.82, 2.24) is 29.9 Å². The fourth-order valence-electron chi connectivity index (χ4n) is 2.38. The van der Waals surface area contributed by atoms with Crippen LogP contribution < -0.4 is 0 Å². The number of fused-ring (bicyclic) bond motifs is 2. The van der Waals surface area contributed by atoms with E-state index >= 15 is 0 Å². The van der Waals surface area contributed by atoms with E-state index in [0.717, 1.165) is 22.0 Å². The number of hydrogen-bond donors (Lipinski definition) is 3. The lowest BCUT2D eigenvalue weighted by molar-refractivity contribution is 0.0813. The topological polar surface area (TPSA) is 103 Å². The first-order valence-electron chi connectivity index (χ1n) is 7.36. The summed E-state index contributed by atoms with van der Waals surface area (Å²) in [6.45, 7) is 3.51. The number of rotatable bonds is 2. The summed E-state index contributed by atoms with van der Waals surface area (Å²) >= 11 is 5.98. The first-order valence-corrected chi connectivity index (χ1v) is 7.74. The third kappa shape index (κ3) is 3.69. The van der Waals surface area contributed by atoms with Gasteiger partial charge in [0.1, 0.15) is 23.5 Å². The van der Waals surface area contributed by atoms with Gasteiger partial charge in [-0.3, -0.25) is 0 Å². The minimum Gasteiger partial charge on any atom is -0.390 e. The summed E-state index contributed by atoms with van der Waals surface area (Å²) in [5.74, 6) is 0. The van der Waals surface area contributed by atoms with Crippen LogP contribution in [-0.4, -0.2) is 40.6 Å². The van der Waals surface area contributed by atoms with Gasteiger partial charge >= 0.3 is 0 Å². The SMILES string of the molecule is CC(C)(O)Cc1c[nH]c2ncnc(Cl)c12.c1ncc2[nH]ccc2n1. The number of nitrogens with one attached hydrogen (secondary N) is 2. The number of aromatic amines is 2. The molecule has 4 rings (SSSR count). The van der Waals surface area contributed by atoms with Crippen molar-refractivity contribution in [2.75, 3.05) is 0 Å². The lowest BCUT2D eigenvalue weighted by atomic mass is 9.99. The number of H-pyrrole nitrogens is 2. The zero-order valence-electron chi connectivity index (χ0n) is 13.3. The smallest absolute Gasteiger partial charge is 0.142 e. The van der Waals surface area contributed by atoms with E-state index in [2.05, 4.69) is 29.9 Å². The molecule has 7 nitrogen and oxygen atoms in total. The molecule has 0 aromatic carbocycles. The molecular formula is C16H17ClN6O. The molecule has 3 N–H and O–H groups in total. The highest BCUT2D eigenvalue weighted by Gasteiger charge is 2.18. The van der Waals surface area contributed by atoms with Crippen LogP contribution in [0.4, 0.5) is 0 Å². The van der Waals surface area contributed by atoms with Gasteiger partial charge in [0.15, 0.2) is 0 Å². The summed E-state index contributed by atoms with van der Waals surface area (Å²) in [5, 5.41) is 11.0. The van der Waals surface area contributed by atoms with Crippen LogP contribution >= 0.6 is 11.6 Å². The number of nitrogens with zero attached hydrogens (tertiary/aromatic N) is 4. The third-order valence-corrected chi connectivity index (χ3v) is 3.64. The van der Waals surface area contributed by atoms with Crippen LogP contribution in [0.3, 0.4) is 0 Å². The summed E-state index contributed by atoms with van der Waals surface area (Å²) in [5.41, 5.74) is 2.81. The van der Waals surface area contributed by atoms with Gasteiger partial charge in [0.05, 0.1) is 28.2 Å². The molecule has 124 valence electrons. The summed E-state index contributed by atoms with van der Waals surface area (Å²) in [6.07, 6.45) is 8.87. The molecule has 24 heavy (non-hydrogen) atoms. The summed E-state index contributed by atoms with van der Waals surface area (Å²) in [4.78, 5) is 21.8. The Morgan fingerprint density at radius 1 is 1.17 bits per heavy atom. The highest BCUT2D eigenvalue weighted by molar-refractivity contribution is 6.34. The second kappa shape index (κ2) is 6.54. The second-order valence-corrected chi connectivity index (χ2v) is 6.35. The van der Waals surface area contributed by atoms with Crippen LogP contribution in [0.1, 0.15) is 19.4 Å². The van der Waals surface area contributed by atoms with Gasteiger partial charge in [-0.25, -0.2) is 19.9 Å². The number of hydrogen-bond acceptors (Lipinski definition) is 5. The van der Waals surface area contributed by atoms with Crippen molar-refractivity contribution in [1.29, 1.82) is 0 Å². The van der Waals surface area contributed by atoms with E-state index in [-0.39, 0.29) is 0 Å². The van der Waals surface area contributed by atoms with Gasteiger partial charge in [-0.05, 0) is 25.5 Å². The van der Waals surface area contributed by atoms with E-state index < -0.39 is 5.60 Å². The number of aromatic nitrogens is 6. The minimum atomic E-state index is -0.770. The van der Waals surface area contributed by atoms with Crippen LogP contribution in [0.25, 0.3) is 22.1 Å². The lowest BCUT2D eigenvalue weighted by Gasteiger charge is -2.15. The standard InChI is InChI=1S/C10H12ClN3O.C6H5N3/c1-10(2,15)3-6-4-12-9-7(6)8(11)13-5-14-9;1-2-8-6-3-7-4-9-5(1)6/h4-5,15H,3H2,1-2H3,(H,12,13,14);1-4,8H. The Morgan fingerprint density at radius 3 is 2.75 bits per heavy atom. The fraction of sp³-hybridized carbons (Fsp3) is 0.250. The molecule has 4 aromatic rings. The molecule has 0 amide bonds. The van der Waals surface area contributed by atoms with E-state index in [1.54, 1.807) is 20.0 Å². The fourth-order valence-corrected chi connectivity index (χ4v) is 2.64. The molecule has 8 heteroatoms. The average Bonchev–Trinajstić information content (AvgIpc) is 3.14. The van der Waals surface area contributed by atoms with E-state index in [1.807, 2.05) is 18.5 Å². The quantitative estimate of drug-likeness (QED) is 0.485. The van der Waals surface area contributed by atoms with Crippen molar-refractivity contribution in [3.8, 4) is 0 Å². The van der Waals surface area contributed by atoms with E-state index in [0.29, 0.717) is 17.2 Å². The second-order valence-electron chi connectivity index (χ2n) is 5.99. The van der Waals surface area contributed by atoms with Crippen molar-refractivity contribution in [2.24, 2.45) is 0 Å². The molecular weight excluding hydrogens is 328 g/mol. The van der Waals surface area contributed by atoms with Crippen LogP contribution in [0.5, 0.6) is 0 Å². The molecule has 0 radical (unpaired) electrons. The molecule has 0 atom stereocenters. The molecule has 4 aromatic heterocycles. The molecule has 0 saturated carbocycles. The Hall–Kier alpha value is -2.51. The van der Waals surface area contributed by atoms with Crippen molar-refractivity contribution in [3.05, 3.63) is 48.0 Å². The number of halogens is 1. The molecule has 0 aliphatic heterocycles. The van der Waals surface area contributed by atoms with Gasteiger partial charge in [0, 0.05) is 18.8 Å². The maximum absolute atomic E-state index is 9.74. The van der Waals surface area contributed by atoms with Gasteiger partial charge in [-0.2, -0.15) is 0 Å². The predicted molar refractivity (Wildman–Crippen MR) is 92.8 cm³/mol. The summed E-state index contributed by atoms with van der Waals surface area (Å²) in [7, 11) is 0. The first kappa shape index (κ1) is 16.4. The highest BCUT2D eigenvalue weighted by atomic mass is 35.5. The zero-order chi connectivity index (χ0) is 17.2. The number of aliphatic hydroxyl groups is 1. The molecule has 0 aliphatic rings.